The van der Waals surface area contributed by atoms with Crippen molar-refractivity contribution in [2.75, 3.05) is 0 Å². The lowest BCUT2D eigenvalue weighted by atomic mass is 9.95. The molecule has 0 radical (unpaired) electrons. The van der Waals surface area contributed by atoms with Gasteiger partial charge in [-0.05, 0) is 72.9 Å². The molecule has 0 N–H and O–H groups in total. The summed E-state index contributed by atoms with van der Waals surface area (Å²) in [4.78, 5) is 0. The third-order valence-corrected chi connectivity index (χ3v) is 4.47. The van der Waals surface area contributed by atoms with E-state index in [1.165, 1.54) is 33.4 Å². The van der Waals surface area contributed by atoms with Crippen LogP contribution in [0.3, 0.4) is 0 Å². The molecule has 0 saturated heterocycles. The van der Waals surface area contributed by atoms with Gasteiger partial charge in [0.25, 0.3) is 0 Å². The Bertz CT molecular complexity index is 603. The second kappa shape index (κ2) is 9.55. The molecular formula is C23H36. The molecule has 0 fully saturated rings. The van der Waals surface area contributed by atoms with Crippen molar-refractivity contribution in [3.05, 3.63) is 69.8 Å². The molecule has 2 aromatic carbocycles. The average molecular weight is 313 g/mol. The highest BCUT2D eigenvalue weighted by Crippen LogP contribution is 2.20. The van der Waals surface area contributed by atoms with Gasteiger partial charge in [0.05, 0.1) is 0 Å². The van der Waals surface area contributed by atoms with E-state index < -0.39 is 0 Å². The average Bonchev–Trinajstić information content (AvgIpc) is 2.45. The van der Waals surface area contributed by atoms with Crippen LogP contribution >= 0.6 is 0 Å². The lowest BCUT2D eigenvalue weighted by Crippen LogP contribution is -1.93. The Labute approximate surface area is 145 Å². The van der Waals surface area contributed by atoms with Gasteiger partial charge in [0, 0.05) is 0 Å². The van der Waals surface area contributed by atoms with Crippen LogP contribution in [0.4, 0.5) is 0 Å². The van der Waals surface area contributed by atoms with Gasteiger partial charge >= 0.3 is 0 Å². The van der Waals surface area contributed by atoms with E-state index in [2.05, 4.69) is 91.8 Å². The fourth-order valence-electron chi connectivity index (χ4n) is 2.52. The lowest BCUT2D eigenvalue weighted by molar-refractivity contribution is 0.854. The largest absolute Gasteiger partial charge is 0.0776 e. The van der Waals surface area contributed by atoms with Gasteiger partial charge in [-0.1, -0.05) is 71.5 Å². The second-order valence-electron chi connectivity index (χ2n) is 6.94. The Morgan fingerprint density at radius 3 is 1.70 bits per heavy atom. The van der Waals surface area contributed by atoms with Crippen LogP contribution in [-0.4, -0.2) is 0 Å². The molecule has 2 rings (SSSR count). The predicted octanol–water partition coefficient (Wildman–Crippen LogP) is 7.49. The molecule has 0 aliphatic carbocycles. The van der Waals surface area contributed by atoms with Gasteiger partial charge in [-0.3, -0.25) is 0 Å². The van der Waals surface area contributed by atoms with Gasteiger partial charge < -0.3 is 0 Å². The van der Waals surface area contributed by atoms with E-state index in [0.29, 0.717) is 11.8 Å². The highest BCUT2D eigenvalue weighted by atomic mass is 14.1. The van der Waals surface area contributed by atoms with Crippen LogP contribution in [-0.2, 0) is 0 Å². The Kier molecular flexibility index (Phi) is 8.90. The topological polar surface area (TPSA) is 0 Å². The first-order chi connectivity index (χ1) is 10.2. The summed E-state index contributed by atoms with van der Waals surface area (Å²) >= 11 is 0. The summed E-state index contributed by atoms with van der Waals surface area (Å²) < 4.78 is 0. The number of rotatable bonds is 2. The first-order valence-electron chi connectivity index (χ1n) is 8.37. The minimum Gasteiger partial charge on any atom is -0.0776 e. The first-order valence-corrected chi connectivity index (χ1v) is 8.37. The summed E-state index contributed by atoms with van der Waals surface area (Å²) in [5.74, 6) is 1.30. The summed E-state index contributed by atoms with van der Waals surface area (Å²) in [6.07, 6.45) is 0. The van der Waals surface area contributed by atoms with Crippen LogP contribution in [0.15, 0.2) is 36.4 Å². The van der Waals surface area contributed by atoms with Crippen LogP contribution in [0.2, 0.25) is 0 Å². The second-order valence-corrected chi connectivity index (χ2v) is 6.94. The molecule has 2 aromatic rings. The quantitative estimate of drug-likeness (QED) is 0.539. The highest BCUT2D eigenvalue weighted by Gasteiger charge is 2.03. The molecule has 0 unspecified atom stereocenters. The fourth-order valence-corrected chi connectivity index (χ4v) is 2.52. The van der Waals surface area contributed by atoms with E-state index in [4.69, 9.17) is 0 Å². The molecular weight excluding hydrogens is 276 g/mol. The van der Waals surface area contributed by atoms with Gasteiger partial charge in [0.1, 0.15) is 0 Å². The van der Waals surface area contributed by atoms with Crippen LogP contribution in [0.1, 0.15) is 80.3 Å². The summed E-state index contributed by atoms with van der Waals surface area (Å²) in [5, 5.41) is 0. The van der Waals surface area contributed by atoms with Crippen molar-refractivity contribution >= 4 is 0 Å². The molecule has 0 heteroatoms. The Hall–Kier alpha value is -1.56. The maximum atomic E-state index is 2.28. The van der Waals surface area contributed by atoms with Gasteiger partial charge in [-0.2, -0.15) is 0 Å². The molecule has 0 nitrogen and oxygen atoms in total. The van der Waals surface area contributed by atoms with Crippen LogP contribution in [0.25, 0.3) is 0 Å². The Morgan fingerprint density at radius 2 is 1.26 bits per heavy atom. The first kappa shape index (κ1) is 21.4. The van der Waals surface area contributed by atoms with Crippen molar-refractivity contribution < 1.29 is 0 Å². The smallest absolute Gasteiger partial charge is 0.0216 e. The summed E-state index contributed by atoms with van der Waals surface area (Å²) in [5.41, 5.74) is 8.54. The number of benzene rings is 2. The maximum absolute atomic E-state index is 2.28. The van der Waals surface area contributed by atoms with Crippen LogP contribution in [0, 0.1) is 27.7 Å². The Balaban J connectivity index is 0.000000403. The molecule has 0 heterocycles. The van der Waals surface area contributed by atoms with Gasteiger partial charge in [-0.15, -0.1) is 0 Å². The van der Waals surface area contributed by atoms with E-state index in [1.54, 1.807) is 0 Å². The van der Waals surface area contributed by atoms with Crippen molar-refractivity contribution in [1.82, 2.24) is 0 Å². The normalized spacial score (nSPS) is 10.2. The molecule has 0 amide bonds. The van der Waals surface area contributed by atoms with Crippen molar-refractivity contribution in [3.63, 3.8) is 0 Å². The van der Waals surface area contributed by atoms with E-state index in [0.717, 1.165) is 0 Å². The summed E-state index contributed by atoms with van der Waals surface area (Å²) in [6.45, 7) is 17.6. The Morgan fingerprint density at radius 1 is 0.652 bits per heavy atom. The zero-order valence-corrected chi connectivity index (χ0v) is 15.6. The van der Waals surface area contributed by atoms with Crippen molar-refractivity contribution in [2.24, 2.45) is 0 Å². The summed E-state index contributed by atoms with van der Waals surface area (Å²) in [6, 6.07) is 13.2. The fraction of sp³-hybridized carbons (Fsp3) is 0.478. The SMILES string of the molecule is C.Cc1ccc(C(C)C)cc1C.Cc1cccc(C(C)C)c1C. The lowest BCUT2D eigenvalue weighted by Gasteiger charge is -2.10. The molecule has 0 aliphatic rings. The van der Waals surface area contributed by atoms with Crippen molar-refractivity contribution in [1.29, 1.82) is 0 Å². The molecule has 23 heavy (non-hydrogen) atoms. The highest BCUT2D eigenvalue weighted by molar-refractivity contribution is 5.35. The molecule has 0 saturated carbocycles. The van der Waals surface area contributed by atoms with E-state index in [-0.39, 0.29) is 7.43 Å². The van der Waals surface area contributed by atoms with Crippen LogP contribution < -0.4 is 0 Å². The van der Waals surface area contributed by atoms with E-state index in [9.17, 15) is 0 Å². The van der Waals surface area contributed by atoms with Crippen molar-refractivity contribution in [2.45, 2.75) is 74.7 Å². The predicted molar refractivity (Wildman–Crippen MR) is 107 cm³/mol. The van der Waals surface area contributed by atoms with Gasteiger partial charge in [0.15, 0.2) is 0 Å². The monoisotopic (exact) mass is 312 g/mol. The maximum Gasteiger partial charge on any atom is -0.0216 e. The van der Waals surface area contributed by atoms with Gasteiger partial charge in [-0.25, -0.2) is 0 Å². The number of aryl methyl sites for hydroxylation is 3. The third-order valence-electron chi connectivity index (χ3n) is 4.47. The molecule has 0 spiro atoms. The standard InChI is InChI=1S/2C11H16.CH4/c1-8(2)11-6-5-9(3)10(4)7-11;1-8(2)11-7-5-6-9(3)10(11)4;/h2*5-8H,1-4H3;1H4. The molecule has 0 aromatic heterocycles. The van der Waals surface area contributed by atoms with E-state index >= 15 is 0 Å². The van der Waals surface area contributed by atoms with Crippen molar-refractivity contribution in [3.8, 4) is 0 Å². The zero-order chi connectivity index (χ0) is 16.9. The minimum atomic E-state index is 0. The molecule has 128 valence electrons. The summed E-state index contributed by atoms with van der Waals surface area (Å²) in [7, 11) is 0. The number of hydrogen-bond acceptors (Lipinski definition) is 0. The molecule has 0 bridgehead atoms. The van der Waals surface area contributed by atoms with Gasteiger partial charge in [0.2, 0.25) is 0 Å². The zero-order valence-electron chi connectivity index (χ0n) is 15.6. The molecule has 0 aliphatic heterocycles. The van der Waals surface area contributed by atoms with E-state index in [1.807, 2.05) is 0 Å². The minimum absolute atomic E-state index is 0. The molecule has 0 atom stereocenters. The number of hydrogen-bond donors (Lipinski definition) is 0. The van der Waals surface area contributed by atoms with Crippen LogP contribution in [0.5, 0.6) is 0 Å². The third kappa shape index (κ3) is 6.22.